The Kier molecular flexibility index (Phi) is 3.20. The number of nitrogens with one attached hydrogen (secondary N) is 1. The highest BCUT2D eigenvalue weighted by Gasteiger charge is 2.24. The van der Waals surface area contributed by atoms with E-state index in [1.165, 1.54) is 15.7 Å². The molecular formula is C8H10ClN3O2S2. The zero-order valence-corrected chi connectivity index (χ0v) is 10.9. The standard InChI is InChI=1S/C8H10ClN3O2S2/c1-2-3-10-16(13,14)7-6(9)11-8-12(7)4-5-15-8/h4-5,10H,2-3H2,1H3. The van der Waals surface area contributed by atoms with Crippen LogP contribution in [0.4, 0.5) is 0 Å². The first-order valence-electron chi connectivity index (χ1n) is 4.67. The lowest BCUT2D eigenvalue weighted by Crippen LogP contribution is -2.25. The van der Waals surface area contributed by atoms with Gasteiger partial charge < -0.3 is 0 Å². The molecule has 0 fully saturated rings. The fourth-order valence-corrected chi connectivity index (χ4v) is 3.86. The molecule has 2 aromatic heterocycles. The van der Waals surface area contributed by atoms with E-state index in [4.69, 9.17) is 11.6 Å². The Morgan fingerprint density at radius 1 is 1.62 bits per heavy atom. The SMILES string of the molecule is CCCNS(=O)(=O)c1c(Cl)nc2sccn12. The first kappa shape index (κ1) is 11.8. The maximum Gasteiger partial charge on any atom is 0.259 e. The highest BCUT2D eigenvalue weighted by atomic mass is 35.5. The van der Waals surface area contributed by atoms with Crippen LogP contribution in [0, 0.1) is 0 Å². The van der Waals surface area contributed by atoms with Gasteiger partial charge >= 0.3 is 0 Å². The van der Waals surface area contributed by atoms with E-state index in [0.717, 1.165) is 6.42 Å². The van der Waals surface area contributed by atoms with E-state index in [0.29, 0.717) is 11.5 Å². The molecule has 0 atom stereocenters. The third-order valence-electron chi connectivity index (χ3n) is 1.98. The van der Waals surface area contributed by atoms with Gasteiger partial charge in [-0.1, -0.05) is 18.5 Å². The van der Waals surface area contributed by atoms with Crippen LogP contribution >= 0.6 is 22.9 Å². The smallest absolute Gasteiger partial charge is 0.259 e. The lowest BCUT2D eigenvalue weighted by Gasteiger charge is -2.04. The third kappa shape index (κ3) is 1.95. The molecule has 0 amide bonds. The fraction of sp³-hybridized carbons (Fsp3) is 0.375. The number of halogens is 1. The summed E-state index contributed by atoms with van der Waals surface area (Å²) in [5.41, 5.74) is 0. The molecule has 0 aliphatic rings. The molecule has 1 N–H and O–H groups in total. The molecule has 16 heavy (non-hydrogen) atoms. The number of sulfonamides is 1. The number of thiazole rings is 1. The molecule has 0 bridgehead atoms. The van der Waals surface area contributed by atoms with Gasteiger partial charge in [-0.25, -0.2) is 18.1 Å². The third-order valence-corrected chi connectivity index (χ3v) is 4.59. The van der Waals surface area contributed by atoms with Crippen LogP contribution in [-0.2, 0) is 10.0 Å². The second kappa shape index (κ2) is 4.33. The Morgan fingerprint density at radius 3 is 3.06 bits per heavy atom. The minimum absolute atomic E-state index is 0.00968. The van der Waals surface area contributed by atoms with Gasteiger partial charge in [-0.05, 0) is 6.42 Å². The average molecular weight is 280 g/mol. The van der Waals surface area contributed by atoms with Gasteiger partial charge in [-0.2, -0.15) is 0 Å². The highest BCUT2D eigenvalue weighted by Crippen LogP contribution is 2.24. The van der Waals surface area contributed by atoms with Gasteiger partial charge in [0.2, 0.25) is 0 Å². The Hall–Kier alpha value is -0.630. The predicted molar refractivity (Wildman–Crippen MR) is 63.6 cm³/mol. The van der Waals surface area contributed by atoms with Crippen molar-refractivity contribution in [2.45, 2.75) is 18.4 Å². The van der Waals surface area contributed by atoms with Crippen LogP contribution in [0.15, 0.2) is 16.6 Å². The molecule has 88 valence electrons. The van der Waals surface area contributed by atoms with Crippen LogP contribution in [0.3, 0.4) is 0 Å². The molecule has 8 heteroatoms. The molecule has 0 radical (unpaired) electrons. The average Bonchev–Trinajstić information content (AvgIpc) is 2.73. The van der Waals surface area contributed by atoms with Gasteiger partial charge in [0.1, 0.15) is 0 Å². The van der Waals surface area contributed by atoms with E-state index in [-0.39, 0.29) is 10.2 Å². The van der Waals surface area contributed by atoms with Crippen molar-refractivity contribution in [1.29, 1.82) is 0 Å². The molecule has 0 spiro atoms. The molecule has 0 aromatic carbocycles. The number of fused-ring (bicyclic) bond motifs is 1. The second-order valence-corrected chi connectivity index (χ2v) is 6.07. The summed E-state index contributed by atoms with van der Waals surface area (Å²) in [5, 5.41) is 1.78. The number of hydrogen-bond acceptors (Lipinski definition) is 4. The zero-order valence-electron chi connectivity index (χ0n) is 8.47. The summed E-state index contributed by atoms with van der Waals surface area (Å²) >= 11 is 7.17. The van der Waals surface area contributed by atoms with E-state index in [1.54, 1.807) is 11.6 Å². The first-order valence-corrected chi connectivity index (χ1v) is 7.41. The minimum Gasteiger partial charge on any atom is -0.279 e. The van der Waals surface area contributed by atoms with Crippen molar-refractivity contribution >= 4 is 37.9 Å². The summed E-state index contributed by atoms with van der Waals surface area (Å²) in [7, 11) is -3.58. The van der Waals surface area contributed by atoms with Crippen LogP contribution < -0.4 is 4.72 Å². The van der Waals surface area contributed by atoms with E-state index in [1.807, 2.05) is 6.92 Å². The Morgan fingerprint density at radius 2 is 2.38 bits per heavy atom. The summed E-state index contributed by atoms with van der Waals surface area (Å²) in [4.78, 5) is 4.55. The molecule has 0 saturated heterocycles. The lowest BCUT2D eigenvalue weighted by molar-refractivity contribution is 0.576. The highest BCUT2D eigenvalue weighted by molar-refractivity contribution is 7.89. The fourth-order valence-electron chi connectivity index (χ4n) is 1.28. The van der Waals surface area contributed by atoms with Crippen molar-refractivity contribution in [1.82, 2.24) is 14.1 Å². The molecule has 2 heterocycles. The summed E-state index contributed by atoms with van der Waals surface area (Å²) in [5.74, 6) is 0. The topological polar surface area (TPSA) is 63.5 Å². The van der Waals surface area contributed by atoms with Crippen molar-refractivity contribution in [2.75, 3.05) is 6.54 Å². The second-order valence-electron chi connectivity index (χ2n) is 3.16. The predicted octanol–water partition coefficient (Wildman–Crippen LogP) is 1.74. The maximum atomic E-state index is 11.9. The van der Waals surface area contributed by atoms with Gasteiger partial charge in [0.15, 0.2) is 15.1 Å². The van der Waals surface area contributed by atoms with E-state index in [9.17, 15) is 8.42 Å². The van der Waals surface area contributed by atoms with E-state index in [2.05, 4.69) is 9.71 Å². The van der Waals surface area contributed by atoms with Crippen LogP contribution in [0.5, 0.6) is 0 Å². The largest absolute Gasteiger partial charge is 0.279 e. The quantitative estimate of drug-likeness (QED) is 0.927. The monoisotopic (exact) mass is 279 g/mol. The van der Waals surface area contributed by atoms with Crippen molar-refractivity contribution in [3.05, 3.63) is 16.7 Å². The number of aromatic nitrogens is 2. The molecule has 0 aliphatic heterocycles. The first-order chi connectivity index (χ1) is 7.56. The molecule has 0 unspecified atom stereocenters. The van der Waals surface area contributed by atoms with Gasteiger partial charge in [0, 0.05) is 18.1 Å². The number of nitrogens with zero attached hydrogens (tertiary/aromatic N) is 2. The van der Waals surface area contributed by atoms with Crippen LogP contribution in [0.25, 0.3) is 4.96 Å². The van der Waals surface area contributed by atoms with Crippen molar-refractivity contribution in [3.8, 4) is 0 Å². The summed E-state index contributed by atoms with van der Waals surface area (Å²) in [6, 6.07) is 0. The lowest BCUT2D eigenvalue weighted by atomic mass is 10.5. The summed E-state index contributed by atoms with van der Waals surface area (Å²) in [6.07, 6.45) is 2.36. The van der Waals surface area contributed by atoms with Crippen LogP contribution in [0.1, 0.15) is 13.3 Å². The van der Waals surface area contributed by atoms with E-state index < -0.39 is 10.0 Å². The van der Waals surface area contributed by atoms with Gasteiger partial charge in [0.25, 0.3) is 10.0 Å². The molecule has 0 saturated carbocycles. The Balaban J connectivity index is 2.53. The molecule has 2 rings (SSSR count). The summed E-state index contributed by atoms with van der Waals surface area (Å²) < 4.78 is 27.8. The van der Waals surface area contributed by atoms with Gasteiger partial charge in [0.05, 0.1) is 0 Å². The minimum atomic E-state index is -3.58. The van der Waals surface area contributed by atoms with Crippen LogP contribution in [-0.4, -0.2) is 24.3 Å². The zero-order chi connectivity index (χ0) is 11.8. The van der Waals surface area contributed by atoms with Gasteiger partial charge in [-0.15, -0.1) is 11.3 Å². The Bertz CT molecular complexity index is 602. The van der Waals surface area contributed by atoms with Crippen molar-refractivity contribution < 1.29 is 8.42 Å². The normalized spacial score (nSPS) is 12.4. The van der Waals surface area contributed by atoms with Crippen LogP contribution in [0.2, 0.25) is 5.15 Å². The number of hydrogen-bond donors (Lipinski definition) is 1. The maximum absolute atomic E-state index is 11.9. The van der Waals surface area contributed by atoms with Gasteiger partial charge in [-0.3, -0.25) is 4.40 Å². The number of imidazole rings is 1. The van der Waals surface area contributed by atoms with E-state index >= 15 is 0 Å². The Labute approximate surface area is 102 Å². The summed E-state index contributed by atoms with van der Waals surface area (Å²) in [6.45, 7) is 2.27. The molecular weight excluding hydrogens is 270 g/mol. The number of rotatable bonds is 4. The molecule has 0 aliphatic carbocycles. The van der Waals surface area contributed by atoms with Crippen molar-refractivity contribution in [3.63, 3.8) is 0 Å². The molecule has 2 aromatic rings. The van der Waals surface area contributed by atoms with Crippen molar-refractivity contribution in [2.24, 2.45) is 0 Å². The molecule has 5 nitrogen and oxygen atoms in total.